The van der Waals surface area contributed by atoms with E-state index < -0.39 is 5.97 Å². The van der Waals surface area contributed by atoms with Crippen molar-refractivity contribution in [3.05, 3.63) is 12.2 Å². The van der Waals surface area contributed by atoms with E-state index in [4.69, 9.17) is 9.84 Å². The normalized spacial score (nSPS) is 10.5. The van der Waals surface area contributed by atoms with Crippen LogP contribution in [0.25, 0.3) is 0 Å². The molecule has 6 nitrogen and oxygen atoms in total. The van der Waals surface area contributed by atoms with Crippen molar-refractivity contribution < 1.29 is 19.4 Å². The summed E-state index contributed by atoms with van der Waals surface area (Å²) in [7, 11) is 0. The summed E-state index contributed by atoms with van der Waals surface area (Å²) in [5.41, 5.74) is 0. The van der Waals surface area contributed by atoms with Crippen molar-refractivity contribution in [3.63, 3.8) is 0 Å². The van der Waals surface area contributed by atoms with Gasteiger partial charge in [-0.05, 0) is 12.8 Å². The van der Waals surface area contributed by atoms with Crippen molar-refractivity contribution in [2.45, 2.75) is 26.2 Å². The van der Waals surface area contributed by atoms with Crippen molar-refractivity contribution in [3.8, 4) is 0 Å². The van der Waals surface area contributed by atoms with Gasteiger partial charge in [0.2, 0.25) is 0 Å². The molecule has 0 rings (SSSR count). The topological polar surface area (TPSA) is 87.7 Å². The predicted molar refractivity (Wildman–Crippen MR) is 68.5 cm³/mol. The average Bonchev–Trinajstić information content (AvgIpc) is 2.33. The lowest BCUT2D eigenvalue weighted by molar-refractivity contribution is -0.131. The van der Waals surface area contributed by atoms with Gasteiger partial charge in [-0.3, -0.25) is 0 Å². The van der Waals surface area contributed by atoms with Gasteiger partial charge in [-0.2, -0.15) is 0 Å². The number of carbonyl (C=O) groups is 2. The Morgan fingerprint density at radius 2 is 1.94 bits per heavy atom. The smallest absolute Gasteiger partial charge is 0.328 e. The van der Waals surface area contributed by atoms with Gasteiger partial charge in [0, 0.05) is 32.4 Å². The summed E-state index contributed by atoms with van der Waals surface area (Å²) in [5, 5.41) is 13.5. The van der Waals surface area contributed by atoms with E-state index in [0.29, 0.717) is 13.2 Å². The summed E-state index contributed by atoms with van der Waals surface area (Å²) in [6, 6.07) is -0.307. The Hall–Kier alpha value is -1.56. The van der Waals surface area contributed by atoms with Gasteiger partial charge in [-0.25, -0.2) is 9.59 Å². The third-order valence-electron chi connectivity index (χ3n) is 2.03. The SMILES string of the molecule is CCCCOCCCNC(=O)NC/C=C/C(=O)O. The van der Waals surface area contributed by atoms with Crippen molar-refractivity contribution >= 4 is 12.0 Å². The van der Waals surface area contributed by atoms with E-state index in [2.05, 4.69) is 17.6 Å². The van der Waals surface area contributed by atoms with Gasteiger partial charge in [0.15, 0.2) is 0 Å². The zero-order valence-electron chi connectivity index (χ0n) is 10.8. The zero-order valence-corrected chi connectivity index (χ0v) is 10.8. The molecule has 0 aromatic heterocycles. The number of urea groups is 1. The highest BCUT2D eigenvalue weighted by Gasteiger charge is 1.97. The third kappa shape index (κ3) is 12.5. The number of hydrogen-bond donors (Lipinski definition) is 3. The number of unbranched alkanes of at least 4 members (excludes halogenated alkanes) is 1. The first-order valence-corrected chi connectivity index (χ1v) is 6.15. The molecule has 6 heteroatoms. The van der Waals surface area contributed by atoms with Gasteiger partial charge in [0.25, 0.3) is 0 Å². The van der Waals surface area contributed by atoms with Gasteiger partial charge in [-0.15, -0.1) is 0 Å². The number of rotatable bonds is 10. The molecule has 0 aliphatic carbocycles. The maximum Gasteiger partial charge on any atom is 0.328 e. The van der Waals surface area contributed by atoms with Gasteiger partial charge >= 0.3 is 12.0 Å². The lowest BCUT2D eigenvalue weighted by atomic mass is 10.4. The molecule has 0 saturated carbocycles. The zero-order chi connectivity index (χ0) is 13.6. The first-order chi connectivity index (χ1) is 8.66. The Morgan fingerprint density at radius 1 is 1.22 bits per heavy atom. The van der Waals surface area contributed by atoms with Gasteiger partial charge < -0.3 is 20.5 Å². The molecule has 0 heterocycles. The number of carboxylic acid groups (broad SMARTS) is 1. The van der Waals surface area contributed by atoms with E-state index >= 15 is 0 Å². The van der Waals surface area contributed by atoms with Crippen molar-refractivity contribution in [1.29, 1.82) is 0 Å². The standard InChI is InChI=1S/C12H22N2O4/c1-2-3-9-18-10-5-8-14-12(17)13-7-4-6-11(15)16/h4,6H,2-3,5,7-10H2,1H3,(H,15,16)(H2,13,14,17)/b6-4+. The van der Waals surface area contributed by atoms with Crippen LogP contribution in [0.5, 0.6) is 0 Å². The minimum Gasteiger partial charge on any atom is -0.478 e. The van der Waals surface area contributed by atoms with Crippen molar-refractivity contribution in [2.24, 2.45) is 0 Å². The Labute approximate surface area is 107 Å². The fourth-order valence-corrected chi connectivity index (χ4v) is 1.10. The number of aliphatic carboxylic acids is 1. The largest absolute Gasteiger partial charge is 0.478 e. The summed E-state index contributed by atoms with van der Waals surface area (Å²) >= 11 is 0. The van der Waals surface area contributed by atoms with Crippen LogP contribution in [0.15, 0.2) is 12.2 Å². The maximum atomic E-state index is 11.2. The van der Waals surface area contributed by atoms with E-state index in [1.165, 1.54) is 6.08 Å². The molecule has 104 valence electrons. The highest BCUT2D eigenvalue weighted by atomic mass is 16.5. The summed E-state index contributed by atoms with van der Waals surface area (Å²) < 4.78 is 5.33. The van der Waals surface area contributed by atoms with Gasteiger partial charge in [0.1, 0.15) is 0 Å². The molecule has 0 atom stereocenters. The van der Waals surface area contributed by atoms with E-state index in [-0.39, 0.29) is 12.6 Å². The van der Waals surface area contributed by atoms with E-state index in [0.717, 1.165) is 31.9 Å². The second kappa shape index (κ2) is 11.9. The minimum atomic E-state index is -1.03. The van der Waals surface area contributed by atoms with Crippen LogP contribution in [-0.2, 0) is 9.53 Å². The number of nitrogens with one attached hydrogen (secondary N) is 2. The summed E-state index contributed by atoms with van der Waals surface area (Å²) in [6.45, 7) is 4.25. The fourth-order valence-electron chi connectivity index (χ4n) is 1.10. The number of carboxylic acids is 1. The molecule has 0 radical (unpaired) electrons. The molecule has 0 aliphatic heterocycles. The molecule has 0 aromatic rings. The van der Waals surface area contributed by atoms with Gasteiger partial charge in [-0.1, -0.05) is 19.4 Å². The molecular formula is C12H22N2O4. The number of carbonyl (C=O) groups excluding carboxylic acids is 1. The highest BCUT2D eigenvalue weighted by Crippen LogP contribution is 1.88. The molecule has 2 amide bonds. The monoisotopic (exact) mass is 258 g/mol. The minimum absolute atomic E-state index is 0.200. The summed E-state index contributed by atoms with van der Waals surface area (Å²) in [6.07, 6.45) is 5.30. The van der Waals surface area contributed by atoms with E-state index in [9.17, 15) is 9.59 Å². The Morgan fingerprint density at radius 3 is 2.61 bits per heavy atom. The van der Waals surface area contributed by atoms with E-state index in [1.807, 2.05) is 0 Å². The quantitative estimate of drug-likeness (QED) is 0.405. The highest BCUT2D eigenvalue weighted by molar-refractivity contribution is 5.80. The van der Waals surface area contributed by atoms with Crippen molar-refractivity contribution in [2.75, 3.05) is 26.3 Å². The van der Waals surface area contributed by atoms with Crippen LogP contribution in [0.4, 0.5) is 4.79 Å². The molecule has 0 saturated heterocycles. The van der Waals surface area contributed by atoms with Crippen LogP contribution in [0.2, 0.25) is 0 Å². The first kappa shape index (κ1) is 16.4. The molecule has 0 aromatic carbocycles. The van der Waals surface area contributed by atoms with E-state index in [1.54, 1.807) is 0 Å². The lowest BCUT2D eigenvalue weighted by Crippen LogP contribution is -2.36. The van der Waals surface area contributed by atoms with Crippen LogP contribution in [0, 0.1) is 0 Å². The summed E-state index contributed by atoms with van der Waals surface area (Å²) in [4.78, 5) is 21.3. The first-order valence-electron chi connectivity index (χ1n) is 6.15. The molecule has 18 heavy (non-hydrogen) atoms. The average molecular weight is 258 g/mol. The van der Waals surface area contributed by atoms with Crippen LogP contribution in [0.3, 0.4) is 0 Å². The fraction of sp³-hybridized carbons (Fsp3) is 0.667. The second-order valence-corrected chi connectivity index (χ2v) is 3.70. The Bertz CT molecular complexity index is 267. The van der Waals surface area contributed by atoms with Gasteiger partial charge in [0.05, 0.1) is 0 Å². The number of hydrogen-bond acceptors (Lipinski definition) is 3. The van der Waals surface area contributed by atoms with Crippen LogP contribution in [-0.4, -0.2) is 43.4 Å². The molecule has 0 bridgehead atoms. The lowest BCUT2D eigenvalue weighted by Gasteiger charge is -2.06. The maximum absolute atomic E-state index is 11.2. The van der Waals surface area contributed by atoms with Crippen molar-refractivity contribution in [1.82, 2.24) is 10.6 Å². The second-order valence-electron chi connectivity index (χ2n) is 3.70. The Kier molecular flexibility index (Phi) is 10.9. The third-order valence-corrected chi connectivity index (χ3v) is 2.03. The molecular weight excluding hydrogens is 236 g/mol. The molecule has 0 unspecified atom stereocenters. The summed E-state index contributed by atoms with van der Waals surface area (Å²) in [5.74, 6) is -1.03. The molecule has 0 fully saturated rings. The molecule has 3 N–H and O–H groups in total. The molecule has 0 spiro atoms. The Balaban J connectivity index is 3.29. The van der Waals surface area contributed by atoms with Crippen LogP contribution in [0.1, 0.15) is 26.2 Å². The van der Waals surface area contributed by atoms with Crippen LogP contribution >= 0.6 is 0 Å². The van der Waals surface area contributed by atoms with Crippen LogP contribution < -0.4 is 10.6 Å². The predicted octanol–water partition coefficient (Wildman–Crippen LogP) is 1.13. The number of ether oxygens (including phenoxy) is 1. The number of amides is 2. The molecule has 0 aliphatic rings.